The van der Waals surface area contributed by atoms with Crippen molar-refractivity contribution in [2.24, 2.45) is 0 Å². The highest BCUT2D eigenvalue weighted by molar-refractivity contribution is 5.82. The normalized spacial score (nSPS) is 14.5. The first-order valence-corrected chi connectivity index (χ1v) is 7.78. The summed E-state index contributed by atoms with van der Waals surface area (Å²) >= 11 is 0. The number of nitrogens with zero attached hydrogens (tertiary/aromatic N) is 3. The molecule has 1 aromatic carbocycles. The van der Waals surface area contributed by atoms with Crippen LogP contribution in [0.5, 0.6) is 0 Å². The fourth-order valence-corrected chi connectivity index (χ4v) is 3.11. The highest BCUT2D eigenvalue weighted by Gasteiger charge is 2.14. The van der Waals surface area contributed by atoms with Crippen LogP contribution in [0, 0.1) is 0 Å². The maximum absolute atomic E-state index is 12.7. The summed E-state index contributed by atoms with van der Waals surface area (Å²) in [6.45, 7) is 0.791. The van der Waals surface area contributed by atoms with Crippen LogP contribution in [0.1, 0.15) is 25.1 Å². The Balaban J connectivity index is 1.92. The zero-order chi connectivity index (χ0) is 14.9. The van der Waals surface area contributed by atoms with Crippen molar-refractivity contribution in [1.29, 1.82) is 0 Å². The quantitative estimate of drug-likeness (QED) is 0.692. The summed E-state index contributed by atoms with van der Waals surface area (Å²) in [5.41, 5.74) is 2.77. The molecule has 0 saturated heterocycles. The standard InChI is InChI=1S/C18H17N3O/c22-18-14-9-8-13(15-6-3-4-10-19-15)12-16(14)20-17-7-2-1-5-11-21(17)18/h3-4,6,8-10,12H,1-2,5,7,11H2. The molecule has 110 valence electrons. The van der Waals surface area contributed by atoms with Crippen LogP contribution in [0.3, 0.4) is 0 Å². The van der Waals surface area contributed by atoms with Gasteiger partial charge in [0.1, 0.15) is 5.82 Å². The Bertz CT molecular complexity index is 884. The zero-order valence-electron chi connectivity index (χ0n) is 12.3. The lowest BCUT2D eigenvalue weighted by atomic mass is 10.1. The maximum Gasteiger partial charge on any atom is 0.261 e. The number of benzene rings is 1. The molecule has 2 aromatic heterocycles. The molecule has 0 bridgehead atoms. The largest absolute Gasteiger partial charge is 0.296 e. The number of hydrogen-bond donors (Lipinski definition) is 0. The fourth-order valence-electron chi connectivity index (χ4n) is 3.11. The molecule has 3 aromatic rings. The average molecular weight is 291 g/mol. The van der Waals surface area contributed by atoms with E-state index in [-0.39, 0.29) is 5.56 Å². The molecule has 0 spiro atoms. The van der Waals surface area contributed by atoms with E-state index >= 15 is 0 Å². The van der Waals surface area contributed by atoms with Gasteiger partial charge in [-0.1, -0.05) is 18.6 Å². The second kappa shape index (κ2) is 5.37. The van der Waals surface area contributed by atoms with E-state index in [9.17, 15) is 4.79 Å². The van der Waals surface area contributed by atoms with Crippen molar-refractivity contribution >= 4 is 10.9 Å². The van der Waals surface area contributed by atoms with Gasteiger partial charge < -0.3 is 0 Å². The number of rotatable bonds is 1. The Hall–Kier alpha value is -2.49. The summed E-state index contributed by atoms with van der Waals surface area (Å²) in [4.78, 5) is 21.8. The number of aryl methyl sites for hydroxylation is 1. The molecular formula is C18H17N3O. The lowest BCUT2D eigenvalue weighted by Crippen LogP contribution is -2.24. The van der Waals surface area contributed by atoms with Gasteiger partial charge in [0.05, 0.1) is 16.6 Å². The molecule has 1 aliphatic rings. The van der Waals surface area contributed by atoms with Crippen molar-refractivity contribution in [2.75, 3.05) is 0 Å². The van der Waals surface area contributed by atoms with Crippen LogP contribution < -0.4 is 5.56 Å². The third-order valence-electron chi connectivity index (χ3n) is 4.28. The molecule has 4 heteroatoms. The SMILES string of the molecule is O=c1c2ccc(-c3ccccn3)cc2nc2n1CCCCC2. The first kappa shape index (κ1) is 13.2. The van der Waals surface area contributed by atoms with Crippen molar-refractivity contribution in [3.05, 3.63) is 58.8 Å². The molecule has 0 N–H and O–H groups in total. The molecule has 0 saturated carbocycles. The lowest BCUT2D eigenvalue weighted by molar-refractivity contribution is 0.614. The van der Waals surface area contributed by atoms with Crippen LogP contribution in [-0.4, -0.2) is 14.5 Å². The topological polar surface area (TPSA) is 47.8 Å². The molecule has 22 heavy (non-hydrogen) atoms. The summed E-state index contributed by atoms with van der Waals surface area (Å²) in [5.74, 6) is 0.924. The Labute approximate surface area is 128 Å². The van der Waals surface area contributed by atoms with Crippen molar-refractivity contribution in [1.82, 2.24) is 14.5 Å². The summed E-state index contributed by atoms with van der Waals surface area (Å²) in [7, 11) is 0. The Morgan fingerprint density at radius 2 is 2.00 bits per heavy atom. The first-order valence-electron chi connectivity index (χ1n) is 7.78. The summed E-state index contributed by atoms with van der Waals surface area (Å²) in [5, 5.41) is 0.699. The summed E-state index contributed by atoms with van der Waals surface area (Å²) in [6, 6.07) is 11.6. The number of aromatic nitrogens is 3. The van der Waals surface area contributed by atoms with E-state index in [1.54, 1.807) is 6.20 Å². The van der Waals surface area contributed by atoms with Gasteiger partial charge in [0.15, 0.2) is 0 Å². The van der Waals surface area contributed by atoms with Crippen LogP contribution >= 0.6 is 0 Å². The second-order valence-corrected chi connectivity index (χ2v) is 5.74. The number of pyridine rings is 1. The Morgan fingerprint density at radius 1 is 1.05 bits per heavy atom. The molecule has 3 heterocycles. The molecular weight excluding hydrogens is 274 g/mol. The average Bonchev–Trinajstić information content (AvgIpc) is 2.81. The van der Waals surface area contributed by atoms with E-state index in [0.717, 1.165) is 48.4 Å². The first-order chi connectivity index (χ1) is 10.8. The number of fused-ring (bicyclic) bond motifs is 2. The molecule has 0 unspecified atom stereocenters. The van der Waals surface area contributed by atoms with Crippen molar-refractivity contribution < 1.29 is 0 Å². The van der Waals surface area contributed by atoms with Gasteiger partial charge in [-0.05, 0) is 37.1 Å². The van der Waals surface area contributed by atoms with Crippen LogP contribution in [0.2, 0.25) is 0 Å². The smallest absolute Gasteiger partial charge is 0.261 e. The predicted molar refractivity (Wildman–Crippen MR) is 86.8 cm³/mol. The van der Waals surface area contributed by atoms with Gasteiger partial charge >= 0.3 is 0 Å². The maximum atomic E-state index is 12.7. The summed E-state index contributed by atoms with van der Waals surface area (Å²) < 4.78 is 1.86. The molecule has 1 aliphatic heterocycles. The van der Waals surface area contributed by atoms with Gasteiger partial charge in [0.2, 0.25) is 0 Å². The van der Waals surface area contributed by atoms with Crippen LogP contribution in [0.4, 0.5) is 0 Å². The van der Waals surface area contributed by atoms with E-state index in [2.05, 4.69) is 4.98 Å². The van der Waals surface area contributed by atoms with Crippen LogP contribution in [0.15, 0.2) is 47.4 Å². The molecule has 0 aliphatic carbocycles. The highest BCUT2D eigenvalue weighted by Crippen LogP contribution is 2.21. The van der Waals surface area contributed by atoms with Gasteiger partial charge in [0, 0.05) is 24.7 Å². The minimum atomic E-state index is 0.0921. The predicted octanol–water partition coefficient (Wildman–Crippen LogP) is 3.18. The third kappa shape index (κ3) is 2.21. The molecule has 4 rings (SSSR count). The van der Waals surface area contributed by atoms with Crippen molar-refractivity contribution in [3.8, 4) is 11.3 Å². The molecule has 4 nitrogen and oxygen atoms in total. The van der Waals surface area contributed by atoms with E-state index < -0.39 is 0 Å². The van der Waals surface area contributed by atoms with Gasteiger partial charge in [-0.3, -0.25) is 14.3 Å². The second-order valence-electron chi connectivity index (χ2n) is 5.74. The van der Waals surface area contributed by atoms with Gasteiger partial charge in [-0.25, -0.2) is 4.98 Å². The molecule has 0 amide bonds. The minimum absolute atomic E-state index is 0.0921. The zero-order valence-corrected chi connectivity index (χ0v) is 12.3. The van der Waals surface area contributed by atoms with Gasteiger partial charge in [-0.15, -0.1) is 0 Å². The van der Waals surface area contributed by atoms with E-state index in [1.165, 1.54) is 6.42 Å². The minimum Gasteiger partial charge on any atom is -0.296 e. The van der Waals surface area contributed by atoms with Crippen molar-refractivity contribution in [3.63, 3.8) is 0 Å². The van der Waals surface area contributed by atoms with E-state index in [0.29, 0.717) is 5.39 Å². The van der Waals surface area contributed by atoms with Crippen LogP contribution in [0.25, 0.3) is 22.2 Å². The third-order valence-corrected chi connectivity index (χ3v) is 4.28. The molecule has 0 atom stereocenters. The van der Waals surface area contributed by atoms with Gasteiger partial charge in [0.25, 0.3) is 5.56 Å². The fraction of sp³-hybridized carbons (Fsp3) is 0.278. The molecule has 0 fully saturated rings. The van der Waals surface area contributed by atoms with E-state index in [4.69, 9.17) is 4.98 Å². The Morgan fingerprint density at radius 3 is 2.86 bits per heavy atom. The highest BCUT2D eigenvalue weighted by atomic mass is 16.1. The van der Waals surface area contributed by atoms with Crippen molar-refractivity contribution in [2.45, 2.75) is 32.2 Å². The molecule has 0 radical (unpaired) electrons. The van der Waals surface area contributed by atoms with E-state index in [1.807, 2.05) is 41.0 Å². The number of hydrogen-bond acceptors (Lipinski definition) is 3. The lowest BCUT2D eigenvalue weighted by Gasteiger charge is -2.10. The monoisotopic (exact) mass is 291 g/mol. The van der Waals surface area contributed by atoms with Gasteiger partial charge in [-0.2, -0.15) is 0 Å². The van der Waals surface area contributed by atoms with Crippen LogP contribution in [-0.2, 0) is 13.0 Å². The Kier molecular flexibility index (Phi) is 3.22. The summed E-state index contributed by atoms with van der Waals surface area (Å²) in [6.07, 6.45) is 6.00.